The van der Waals surface area contributed by atoms with Gasteiger partial charge < -0.3 is 0 Å². The van der Waals surface area contributed by atoms with Gasteiger partial charge in [0.2, 0.25) is 0 Å². The van der Waals surface area contributed by atoms with Crippen molar-refractivity contribution >= 4 is 35.3 Å². The maximum absolute atomic E-state index is 5.65. The zero-order chi connectivity index (χ0) is 8.27. The molecule has 0 aromatic carbocycles. The molecule has 0 fully saturated rings. The molecule has 1 nitrogen and oxygen atoms in total. The average molecular weight is 226 g/mol. The Hall–Kier alpha value is 0.210. The summed E-state index contributed by atoms with van der Waals surface area (Å²) in [7, 11) is 0. The van der Waals surface area contributed by atoms with E-state index >= 15 is 0 Å². The van der Waals surface area contributed by atoms with E-state index in [1.54, 1.807) is 11.3 Å². The van der Waals surface area contributed by atoms with Crippen LogP contribution in [0.1, 0.15) is 23.7 Å². The Bertz CT molecular complexity index is 223. The molecule has 1 aromatic rings. The Kier molecular flexibility index (Phi) is 5.89. The molecule has 0 aliphatic carbocycles. The van der Waals surface area contributed by atoms with E-state index in [2.05, 4.69) is 18.8 Å². The second kappa shape index (κ2) is 5.79. The third-order valence-electron chi connectivity index (χ3n) is 1.32. The van der Waals surface area contributed by atoms with Crippen LogP contribution in [0.5, 0.6) is 0 Å². The van der Waals surface area contributed by atoms with Gasteiger partial charge in [-0.25, -0.2) is 4.98 Å². The molecule has 1 aromatic heterocycles. The Morgan fingerprint density at radius 2 is 2.25 bits per heavy atom. The summed E-state index contributed by atoms with van der Waals surface area (Å²) in [6, 6.07) is 0. The van der Waals surface area contributed by atoms with Crippen LogP contribution >= 0.6 is 35.3 Å². The zero-order valence-corrected chi connectivity index (χ0v) is 9.60. The van der Waals surface area contributed by atoms with E-state index in [-0.39, 0.29) is 12.4 Å². The van der Waals surface area contributed by atoms with Gasteiger partial charge >= 0.3 is 0 Å². The van der Waals surface area contributed by atoms with Crippen LogP contribution < -0.4 is 0 Å². The number of nitrogens with zero attached hydrogens (tertiary/aromatic N) is 1. The van der Waals surface area contributed by atoms with Crippen LogP contribution in [-0.2, 0) is 12.3 Å². The Morgan fingerprint density at radius 3 is 2.67 bits per heavy atom. The van der Waals surface area contributed by atoms with Gasteiger partial charge in [0.1, 0.15) is 0 Å². The minimum atomic E-state index is 0. The second-order valence-electron chi connectivity index (χ2n) is 2.95. The molecule has 4 heteroatoms. The lowest BCUT2D eigenvalue weighted by molar-refractivity contribution is 0.644. The van der Waals surface area contributed by atoms with Crippen LogP contribution in [0.4, 0.5) is 0 Å². The minimum absolute atomic E-state index is 0. The summed E-state index contributed by atoms with van der Waals surface area (Å²) in [5, 5.41) is 1.20. The van der Waals surface area contributed by atoms with Crippen molar-refractivity contribution in [1.82, 2.24) is 4.98 Å². The highest BCUT2D eigenvalue weighted by atomic mass is 35.5. The predicted octanol–water partition coefficient (Wildman–Crippen LogP) is 3.50. The number of halogens is 2. The van der Waals surface area contributed by atoms with Crippen LogP contribution in [0.2, 0.25) is 0 Å². The third kappa shape index (κ3) is 3.74. The van der Waals surface area contributed by atoms with Gasteiger partial charge in [-0.1, -0.05) is 13.8 Å². The number of aromatic nitrogens is 1. The molecule has 12 heavy (non-hydrogen) atoms. The van der Waals surface area contributed by atoms with Crippen molar-refractivity contribution in [1.29, 1.82) is 0 Å². The fraction of sp³-hybridized carbons (Fsp3) is 0.625. The number of hydrogen-bond donors (Lipinski definition) is 0. The molecule has 0 unspecified atom stereocenters. The van der Waals surface area contributed by atoms with Crippen molar-refractivity contribution in [3.63, 3.8) is 0 Å². The number of alkyl halides is 1. The molecule has 0 saturated heterocycles. The topological polar surface area (TPSA) is 12.9 Å². The predicted molar refractivity (Wildman–Crippen MR) is 57.5 cm³/mol. The fourth-order valence-corrected chi connectivity index (χ4v) is 2.07. The molecule has 70 valence electrons. The molecular formula is C8H13Cl2NS. The van der Waals surface area contributed by atoms with E-state index in [0.29, 0.717) is 11.8 Å². The van der Waals surface area contributed by atoms with Crippen molar-refractivity contribution in [3.8, 4) is 0 Å². The largest absolute Gasteiger partial charge is 0.249 e. The maximum Gasteiger partial charge on any atom is 0.0930 e. The summed E-state index contributed by atoms with van der Waals surface area (Å²) in [5.41, 5.74) is 0. The standard InChI is InChI=1S/C8H12ClNS.ClH/c1-6(2)3-8-10-5-7(4-9)11-8;/h5-6H,3-4H2,1-2H3;1H. The van der Waals surface area contributed by atoms with Crippen molar-refractivity contribution in [2.24, 2.45) is 5.92 Å². The molecule has 0 saturated carbocycles. The summed E-state index contributed by atoms with van der Waals surface area (Å²) in [6.45, 7) is 4.39. The summed E-state index contributed by atoms with van der Waals surface area (Å²) in [4.78, 5) is 5.43. The first-order valence-electron chi connectivity index (χ1n) is 3.72. The highest BCUT2D eigenvalue weighted by Crippen LogP contribution is 2.17. The highest BCUT2D eigenvalue weighted by molar-refractivity contribution is 7.11. The molecule has 0 amide bonds. The highest BCUT2D eigenvalue weighted by Gasteiger charge is 2.02. The number of thiazole rings is 1. The molecule has 0 aliphatic rings. The van der Waals surface area contributed by atoms with Gasteiger partial charge in [0, 0.05) is 17.5 Å². The molecule has 0 atom stereocenters. The van der Waals surface area contributed by atoms with Crippen molar-refractivity contribution in [2.75, 3.05) is 0 Å². The van der Waals surface area contributed by atoms with E-state index in [9.17, 15) is 0 Å². The van der Waals surface area contributed by atoms with Crippen molar-refractivity contribution in [2.45, 2.75) is 26.1 Å². The maximum atomic E-state index is 5.65. The van der Waals surface area contributed by atoms with Crippen LogP contribution in [0.15, 0.2) is 6.20 Å². The van der Waals surface area contributed by atoms with Crippen LogP contribution in [-0.4, -0.2) is 4.98 Å². The van der Waals surface area contributed by atoms with Crippen LogP contribution in [0.3, 0.4) is 0 Å². The quantitative estimate of drug-likeness (QED) is 0.719. The minimum Gasteiger partial charge on any atom is -0.249 e. The number of rotatable bonds is 3. The summed E-state index contributed by atoms with van der Waals surface area (Å²) in [6.07, 6.45) is 2.94. The van der Waals surface area contributed by atoms with Gasteiger partial charge in [0.15, 0.2) is 0 Å². The van der Waals surface area contributed by atoms with Crippen LogP contribution in [0.25, 0.3) is 0 Å². The van der Waals surface area contributed by atoms with Gasteiger partial charge in [-0.2, -0.15) is 0 Å². The van der Waals surface area contributed by atoms with Crippen molar-refractivity contribution < 1.29 is 0 Å². The molecule has 0 radical (unpaired) electrons. The summed E-state index contributed by atoms with van der Waals surface area (Å²) >= 11 is 7.37. The average Bonchev–Trinajstić information content (AvgIpc) is 2.34. The first-order valence-corrected chi connectivity index (χ1v) is 5.07. The van der Waals surface area contributed by atoms with E-state index in [1.165, 1.54) is 9.88 Å². The zero-order valence-electron chi connectivity index (χ0n) is 7.21. The lowest BCUT2D eigenvalue weighted by atomic mass is 10.1. The molecule has 0 aliphatic heterocycles. The lowest BCUT2D eigenvalue weighted by Gasteiger charge is -1.97. The molecule has 1 heterocycles. The molecule has 1 rings (SSSR count). The Morgan fingerprint density at radius 1 is 1.58 bits per heavy atom. The molecular weight excluding hydrogens is 213 g/mol. The summed E-state index contributed by atoms with van der Waals surface area (Å²) in [5.74, 6) is 1.28. The van der Waals surface area contributed by atoms with Gasteiger partial charge in [-0.3, -0.25) is 0 Å². The monoisotopic (exact) mass is 225 g/mol. The van der Waals surface area contributed by atoms with E-state index < -0.39 is 0 Å². The van der Waals surface area contributed by atoms with Gasteiger partial charge in [0.05, 0.1) is 10.9 Å². The Labute approximate surface area is 88.6 Å². The molecule has 0 bridgehead atoms. The fourth-order valence-electron chi connectivity index (χ4n) is 0.853. The van der Waals surface area contributed by atoms with E-state index in [4.69, 9.17) is 11.6 Å². The molecule has 0 N–H and O–H groups in total. The van der Waals surface area contributed by atoms with Gasteiger partial charge in [-0.15, -0.1) is 35.3 Å². The third-order valence-corrected chi connectivity index (χ3v) is 2.78. The molecule has 0 spiro atoms. The normalized spacial score (nSPS) is 10.0. The van der Waals surface area contributed by atoms with Gasteiger partial charge in [-0.05, 0) is 5.92 Å². The van der Waals surface area contributed by atoms with E-state index in [1.807, 2.05) is 6.20 Å². The smallest absolute Gasteiger partial charge is 0.0930 e. The van der Waals surface area contributed by atoms with Crippen molar-refractivity contribution in [3.05, 3.63) is 16.1 Å². The Balaban J connectivity index is 0.00000121. The summed E-state index contributed by atoms with van der Waals surface area (Å²) < 4.78 is 0. The first kappa shape index (κ1) is 12.2. The number of hydrogen-bond acceptors (Lipinski definition) is 2. The van der Waals surface area contributed by atoms with Gasteiger partial charge in [0.25, 0.3) is 0 Å². The second-order valence-corrected chi connectivity index (χ2v) is 4.42. The van der Waals surface area contributed by atoms with E-state index in [0.717, 1.165) is 6.42 Å². The van der Waals surface area contributed by atoms with Crippen LogP contribution in [0, 0.1) is 5.92 Å². The SMILES string of the molecule is CC(C)Cc1ncc(CCl)s1.Cl. The first-order chi connectivity index (χ1) is 5.22. The lowest BCUT2D eigenvalue weighted by Crippen LogP contribution is -1.91.